The average Bonchev–Trinajstić information content (AvgIpc) is 2.70. The van der Waals surface area contributed by atoms with Crippen molar-refractivity contribution in [1.82, 2.24) is 4.90 Å². The smallest absolute Gasteiger partial charge is 0.426 e. The van der Waals surface area contributed by atoms with E-state index in [2.05, 4.69) is 5.32 Å². The molecule has 2 aromatic rings. The summed E-state index contributed by atoms with van der Waals surface area (Å²) in [5.41, 5.74) is 1.34. The van der Waals surface area contributed by atoms with Crippen LogP contribution >= 0.6 is 11.6 Å². The molecule has 0 saturated carbocycles. The first kappa shape index (κ1) is 22.4. The molecule has 0 spiro atoms. The average molecular weight is 443 g/mol. The van der Waals surface area contributed by atoms with Crippen molar-refractivity contribution in [3.63, 3.8) is 0 Å². The summed E-state index contributed by atoms with van der Waals surface area (Å²) in [7, 11) is 0. The number of hydrogen-bond donors (Lipinski definition) is 1. The second-order valence-corrected chi connectivity index (χ2v) is 7.45. The Hall–Kier alpha value is -2.29. The fourth-order valence-electron chi connectivity index (χ4n) is 3.20. The van der Waals surface area contributed by atoms with Crippen molar-refractivity contribution in [3.05, 3.63) is 65.2 Å². The predicted molar refractivity (Wildman–Crippen MR) is 108 cm³/mol. The van der Waals surface area contributed by atoms with Crippen molar-refractivity contribution >= 4 is 23.4 Å². The SMILES string of the molecule is O=C(Nc1ccc(Cl)cc1)OC(CN1CCOC(Cc2ccccc2)C1)C(F)(F)F. The van der Waals surface area contributed by atoms with Gasteiger partial charge in [0, 0.05) is 30.3 Å². The van der Waals surface area contributed by atoms with Crippen LogP contribution in [-0.4, -0.2) is 55.6 Å². The number of nitrogens with zero attached hydrogens (tertiary/aromatic N) is 1. The second kappa shape index (κ2) is 10.1. The highest BCUT2D eigenvalue weighted by atomic mass is 35.5. The maximum Gasteiger partial charge on any atom is 0.426 e. The topological polar surface area (TPSA) is 50.8 Å². The lowest BCUT2D eigenvalue weighted by molar-refractivity contribution is -0.209. The Morgan fingerprint density at radius 2 is 1.90 bits per heavy atom. The lowest BCUT2D eigenvalue weighted by Crippen LogP contribution is -2.50. The van der Waals surface area contributed by atoms with Gasteiger partial charge >= 0.3 is 12.3 Å². The summed E-state index contributed by atoms with van der Waals surface area (Å²) in [6.45, 7) is 0.523. The van der Waals surface area contributed by atoms with Gasteiger partial charge in [-0.2, -0.15) is 13.2 Å². The molecule has 1 N–H and O–H groups in total. The molecule has 2 atom stereocenters. The molecule has 1 aliphatic heterocycles. The van der Waals surface area contributed by atoms with Crippen molar-refractivity contribution in [1.29, 1.82) is 0 Å². The quantitative estimate of drug-likeness (QED) is 0.700. The van der Waals surface area contributed by atoms with Gasteiger partial charge in [0.25, 0.3) is 0 Å². The van der Waals surface area contributed by atoms with E-state index in [0.29, 0.717) is 36.8 Å². The molecule has 162 valence electrons. The molecular weight excluding hydrogens is 421 g/mol. The molecule has 0 radical (unpaired) electrons. The van der Waals surface area contributed by atoms with E-state index < -0.39 is 24.9 Å². The second-order valence-electron chi connectivity index (χ2n) is 7.01. The Balaban J connectivity index is 1.57. The predicted octanol–water partition coefficient (Wildman–Crippen LogP) is 4.76. The number of amides is 1. The van der Waals surface area contributed by atoms with Crippen molar-refractivity contribution in [2.75, 3.05) is 31.6 Å². The minimum atomic E-state index is -4.69. The number of nitrogens with one attached hydrogen (secondary N) is 1. The van der Waals surface area contributed by atoms with Crippen LogP contribution < -0.4 is 5.32 Å². The van der Waals surface area contributed by atoms with Crippen LogP contribution in [0.3, 0.4) is 0 Å². The van der Waals surface area contributed by atoms with Crippen LogP contribution in [0.15, 0.2) is 54.6 Å². The summed E-state index contributed by atoms with van der Waals surface area (Å²) < 4.78 is 50.9. The zero-order valence-electron chi connectivity index (χ0n) is 16.1. The molecule has 0 aromatic heterocycles. The van der Waals surface area contributed by atoms with E-state index in [0.717, 1.165) is 5.56 Å². The first-order valence-corrected chi connectivity index (χ1v) is 9.85. The maximum atomic E-state index is 13.5. The van der Waals surface area contributed by atoms with Crippen molar-refractivity contribution in [3.8, 4) is 0 Å². The molecule has 1 fully saturated rings. The van der Waals surface area contributed by atoms with E-state index in [1.165, 1.54) is 24.3 Å². The number of alkyl halides is 3. The summed E-state index contributed by atoms with van der Waals surface area (Å²) in [5, 5.41) is 2.73. The van der Waals surface area contributed by atoms with Crippen LogP contribution in [-0.2, 0) is 15.9 Å². The van der Waals surface area contributed by atoms with E-state index in [4.69, 9.17) is 21.1 Å². The van der Waals surface area contributed by atoms with Gasteiger partial charge in [-0.25, -0.2) is 4.79 Å². The van der Waals surface area contributed by atoms with Crippen molar-refractivity contribution in [2.24, 2.45) is 0 Å². The molecule has 3 rings (SSSR count). The molecule has 30 heavy (non-hydrogen) atoms. The number of benzene rings is 2. The number of hydrogen-bond acceptors (Lipinski definition) is 4. The van der Waals surface area contributed by atoms with Crippen molar-refractivity contribution < 1.29 is 27.4 Å². The highest BCUT2D eigenvalue weighted by Gasteiger charge is 2.44. The van der Waals surface area contributed by atoms with Crippen LogP contribution in [0.2, 0.25) is 5.02 Å². The van der Waals surface area contributed by atoms with Gasteiger partial charge in [0.2, 0.25) is 6.10 Å². The normalized spacial score (nSPS) is 18.6. The Kier molecular flexibility index (Phi) is 7.58. The van der Waals surface area contributed by atoms with Crippen LogP contribution in [0.1, 0.15) is 5.56 Å². The number of morpholine rings is 1. The molecule has 1 saturated heterocycles. The highest BCUT2D eigenvalue weighted by molar-refractivity contribution is 6.30. The lowest BCUT2D eigenvalue weighted by Gasteiger charge is -2.35. The fourth-order valence-corrected chi connectivity index (χ4v) is 3.32. The third-order valence-corrected chi connectivity index (χ3v) is 4.91. The van der Waals surface area contributed by atoms with E-state index in [9.17, 15) is 18.0 Å². The van der Waals surface area contributed by atoms with Gasteiger partial charge in [-0.05, 0) is 36.2 Å². The Bertz CT molecular complexity index is 818. The molecule has 2 unspecified atom stereocenters. The van der Waals surface area contributed by atoms with Gasteiger partial charge in [0.05, 0.1) is 12.7 Å². The monoisotopic (exact) mass is 442 g/mol. The molecule has 0 aliphatic carbocycles. The van der Waals surface area contributed by atoms with Gasteiger partial charge in [-0.1, -0.05) is 41.9 Å². The van der Waals surface area contributed by atoms with E-state index in [1.807, 2.05) is 30.3 Å². The molecule has 1 heterocycles. The zero-order valence-corrected chi connectivity index (χ0v) is 16.8. The van der Waals surface area contributed by atoms with Gasteiger partial charge in [0.1, 0.15) is 0 Å². The largest absolute Gasteiger partial charge is 0.435 e. The van der Waals surface area contributed by atoms with E-state index >= 15 is 0 Å². The number of carbonyl (C=O) groups is 1. The molecule has 0 bridgehead atoms. The Morgan fingerprint density at radius 1 is 1.20 bits per heavy atom. The third kappa shape index (κ3) is 6.90. The molecular formula is C21H22ClF3N2O3. The zero-order chi connectivity index (χ0) is 21.6. The number of halogens is 4. The standard InChI is InChI=1S/C21H22ClF3N2O3/c22-16-6-8-17(9-7-16)26-20(28)30-19(21(23,24)25)14-27-10-11-29-18(13-27)12-15-4-2-1-3-5-15/h1-9,18-19H,10-14H2,(H,26,28). The first-order chi connectivity index (χ1) is 14.3. The Morgan fingerprint density at radius 3 is 2.57 bits per heavy atom. The number of anilines is 1. The molecule has 9 heteroatoms. The summed E-state index contributed by atoms with van der Waals surface area (Å²) in [6.07, 6.45) is -7.73. The Labute approximate surface area is 177 Å². The summed E-state index contributed by atoms with van der Waals surface area (Å²) in [4.78, 5) is 13.6. The molecule has 5 nitrogen and oxygen atoms in total. The summed E-state index contributed by atoms with van der Waals surface area (Å²) in [5.74, 6) is 0. The third-order valence-electron chi connectivity index (χ3n) is 4.66. The summed E-state index contributed by atoms with van der Waals surface area (Å²) >= 11 is 5.76. The van der Waals surface area contributed by atoms with E-state index in [1.54, 1.807) is 4.90 Å². The summed E-state index contributed by atoms with van der Waals surface area (Å²) in [6, 6.07) is 15.6. The van der Waals surface area contributed by atoms with Crippen LogP contribution in [0.25, 0.3) is 0 Å². The van der Waals surface area contributed by atoms with Crippen LogP contribution in [0.4, 0.5) is 23.7 Å². The number of carbonyl (C=O) groups excluding carboxylic acids is 1. The number of ether oxygens (including phenoxy) is 2. The minimum Gasteiger partial charge on any atom is -0.435 e. The van der Waals surface area contributed by atoms with Gasteiger partial charge in [-0.15, -0.1) is 0 Å². The highest BCUT2D eigenvalue weighted by Crippen LogP contribution is 2.25. The molecule has 2 aromatic carbocycles. The fraction of sp³-hybridized carbons (Fsp3) is 0.381. The van der Waals surface area contributed by atoms with E-state index in [-0.39, 0.29) is 6.10 Å². The maximum absolute atomic E-state index is 13.5. The van der Waals surface area contributed by atoms with Gasteiger partial charge < -0.3 is 9.47 Å². The lowest BCUT2D eigenvalue weighted by atomic mass is 10.1. The van der Waals surface area contributed by atoms with Gasteiger partial charge in [-0.3, -0.25) is 10.2 Å². The minimum absolute atomic E-state index is 0.224. The van der Waals surface area contributed by atoms with Crippen LogP contribution in [0, 0.1) is 0 Å². The van der Waals surface area contributed by atoms with Crippen LogP contribution in [0.5, 0.6) is 0 Å². The first-order valence-electron chi connectivity index (χ1n) is 9.47. The molecule has 1 amide bonds. The van der Waals surface area contributed by atoms with Gasteiger partial charge in [0.15, 0.2) is 0 Å². The van der Waals surface area contributed by atoms with Crippen molar-refractivity contribution in [2.45, 2.75) is 24.8 Å². The molecule has 1 aliphatic rings. The number of rotatable bonds is 6.